The molecule has 0 radical (unpaired) electrons. The normalized spacial score (nSPS) is 14.9. The van der Waals surface area contributed by atoms with Gasteiger partial charge in [-0.05, 0) is 59.3 Å². The zero-order chi connectivity index (χ0) is 19.2. The monoisotopic (exact) mass is 447 g/mol. The summed E-state index contributed by atoms with van der Waals surface area (Å²) in [5, 5.41) is 0. The molecule has 2 aromatic rings. The highest BCUT2D eigenvalue weighted by molar-refractivity contribution is 9.10. The Labute approximate surface area is 175 Å². The van der Waals surface area contributed by atoms with Gasteiger partial charge in [0.1, 0.15) is 11.6 Å². The number of hydrogen-bond acceptors (Lipinski definition) is 3. The average Bonchev–Trinajstić information content (AvgIpc) is 2.68. The van der Waals surface area contributed by atoms with Crippen molar-refractivity contribution in [1.82, 2.24) is 4.90 Å². The van der Waals surface area contributed by atoms with Crippen molar-refractivity contribution in [2.75, 3.05) is 19.7 Å². The van der Waals surface area contributed by atoms with E-state index in [4.69, 9.17) is 21.7 Å². The molecule has 0 aromatic heterocycles. The van der Waals surface area contributed by atoms with Crippen molar-refractivity contribution in [3.05, 3.63) is 58.1 Å². The zero-order valence-corrected chi connectivity index (χ0v) is 18.3. The molecule has 3 rings (SSSR count). The summed E-state index contributed by atoms with van der Waals surface area (Å²) < 4.78 is 12.8. The number of hydrogen-bond donors (Lipinski definition) is 0. The highest BCUT2D eigenvalue weighted by Gasteiger charge is 2.21. The Kier molecular flexibility index (Phi) is 7.13. The number of piperidine rings is 1. The van der Waals surface area contributed by atoms with Gasteiger partial charge in [0.05, 0.1) is 11.1 Å². The van der Waals surface area contributed by atoms with Crippen molar-refractivity contribution in [2.45, 2.75) is 33.3 Å². The largest absolute Gasteiger partial charge is 0.490 e. The van der Waals surface area contributed by atoms with E-state index in [-0.39, 0.29) is 0 Å². The predicted octanol–water partition coefficient (Wildman–Crippen LogP) is 5.83. The summed E-state index contributed by atoms with van der Waals surface area (Å²) in [6.07, 6.45) is 2.38. The van der Waals surface area contributed by atoms with E-state index in [9.17, 15) is 0 Å². The molecule has 1 saturated heterocycles. The first-order chi connectivity index (χ1) is 13.1. The third kappa shape index (κ3) is 5.23. The smallest absolute Gasteiger partial charge is 0.175 e. The SMILES string of the molecule is CCOc1cc(C(=S)N2CCC(C)CC2)cc(Br)c1OCc1ccccc1. The van der Waals surface area contributed by atoms with Crippen LogP contribution in [0.2, 0.25) is 0 Å². The minimum atomic E-state index is 0.493. The lowest BCUT2D eigenvalue weighted by molar-refractivity contribution is 0.267. The van der Waals surface area contributed by atoms with E-state index in [1.807, 2.05) is 37.3 Å². The third-order valence-electron chi connectivity index (χ3n) is 4.85. The molecule has 1 aliphatic heterocycles. The lowest BCUT2D eigenvalue weighted by Crippen LogP contribution is -2.37. The molecule has 2 aromatic carbocycles. The quantitative estimate of drug-likeness (QED) is 0.518. The van der Waals surface area contributed by atoms with Gasteiger partial charge in [-0.3, -0.25) is 0 Å². The van der Waals surface area contributed by atoms with Crippen molar-refractivity contribution in [2.24, 2.45) is 5.92 Å². The number of likely N-dealkylation sites (tertiary alicyclic amines) is 1. The molecule has 0 amide bonds. The van der Waals surface area contributed by atoms with Crippen molar-refractivity contribution in [3.63, 3.8) is 0 Å². The maximum Gasteiger partial charge on any atom is 0.175 e. The average molecular weight is 448 g/mol. The summed E-state index contributed by atoms with van der Waals surface area (Å²) >= 11 is 9.44. The number of ether oxygens (including phenoxy) is 2. The summed E-state index contributed by atoms with van der Waals surface area (Å²) in [5.41, 5.74) is 2.12. The Balaban J connectivity index is 1.80. The second-order valence-electron chi connectivity index (χ2n) is 6.97. The molecule has 3 nitrogen and oxygen atoms in total. The number of nitrogens with zero attached hydrogens (tertiary/aromatic N) is 1. The van der Waals surface area contributed by atoms with E-state index < -0.39 is 0 Å². The van der Waals surface area contributed by atoms with Crippen LogP contribution in [0.3, 0.4) is 0 Å². The molecule has 0 spiro atoms. The second kappa shape index (κ2) is 9.56. The lowest BCUT2D eigenvalue weighted by atomic mass is 9.99. The maximum absolute atomic E-state index is 6.07. The van der Waals surface area contributed by atoms with Gasteiger partial charge in [-0.15, -0.1) is 0 Å². The Morgan fingerprint density at radius 3 is 2.52 bits per heavy atom. The fourth-order valence-electron chi connectivity index (χ4n) is 3.22. The van der Waals surface area contributed by atoms with E-state index in [0.717, 1.165) is 51.1 Å². The first kappa shape index (κ1) is 20.2. The molecule has 1 fully saturated rings. The Morgan fingerprint density at radius 2 is 1.85 bits per heavy atom. The number of rotatable bonds is 6. The lowest BCUT2D eigenvalue weighted by Gasteiger charge is -2.32. The molecular formula is C22H26BrNO2S. The molecule has 0 bridgehead atoms. The van der Waals surface area contributed by atoms with Gasteiger partial charge in [0.25, 0.3) is 0 Å². The van der Waals surface area contributed by atoms with Gasteiger partial charge in [0, 0.05) is 18.7 Å². The van der Waals surface area contributed by atoms with E-state index in [1.165, 1.54) is 12.8 Å². The zero-order valence-electron chi connectivity index (χ0n) is 15.9. The molecule has 5 heteroatoms. The fraction of sp³-hybridized carbons (Fsp3) is 0.409. The first-order valence-electron chi connectivity index (χ1n) is 9.50. The van der Waals surface area contributed by atoms with Crippen molar-refractivity contribution >= 4 is 33.1 Å². The molecule has 1 heterocycles. The minimum Gasteiger partial charge on any atom is -0.490 e. The molecule has 0 saturated carbocycles. The highest BCUT2D eigenvalue weighted by atomic mass is 79.9. The van der Waals surface area contributed by atoms with Crippen LogP contribution in [-0.2, 0) is 6.61 Å². The van der Waals surface area contributed by atoms with Gasteiger partial charge < -0.3 is 14.4 Å². The van der Waals surface area contributed by atoms with E-state index >= 15 is 0 Å². The van der Waals surface area contributed by atoms with Crippen LogP contribution in [0.4, 0.5) is 0 Å². The summed E-state index contributed by atoms with van der Waals surface area (Å²) in [6.45, 7) is 7.40. The first-order valence-corrected chi connectivity index (χ1v) is 10.7. The van der Waals surface area contributed by atoms with Gasteiger partial charge in [-0.2, -0.15) is 0 Å². The minimum absolute atomic E-state index is 0.493. The summed E-state index contributed by atoms with van der Waals surface area (Å²) in [4.78, 5) is 3.19. The van der Waals surface area contributed by atoms with Crippen molar-refractivity contribution < 1.29 is 9.47 Å². The number of halogens is 1. The van der Waals surface area contributed by atoms with Gasteiger partial charge in [-0.25, -0.2) is 0 Å². The molecule has 144 valence electrons. The summed E-state index contributed by atoms with van der Waals surface area (Å²) in [6, 6.07) is 14.2. The summed E-state index contributed by atoms with van der Waals surface area (Å²) in [7, 11) is 0. The third-order valence-corrected chi connectivity index (χ3v) is 5.94. The molecule has 27 heavy (non-hydrogen) atoms. The van der Waals surface area contributed by atoms with Gasteiger partial charge in [0.2, 0.25) is 0 Å². The Hall–Kier alpha value is -1.59. The Bertz CT molecular complexity index is 773. The van der Waals surface area contributed by atoms with Crippen LogP contribution in [-0.4, -0.2) is 29.6 Å². The number of thiocarbonyl (C=S) groups is 1. The molecule has 0 aliphatic carbocycles. The van der Waals surface area contributed by atoms with Crippen LogP contribution in [0, 0.1) is 5.92 Å². The van der Waals surface area contributed by atoms with Gasteiger partial charge >= 0.3 is 0 Å². The maximum atomic E-state index is 6.07. The summed E-state index contributed by atoms with van der Waals surface area (Å²) in [5.74, 6) is 2.23. The molecule has 1 aliphatic rings. The van der Waals surface area contributed by atoms with Crippen LogP contribution in [0.5, 0.6) is 11.5 Å². The van der Waals surface area contributed by atoms with E-state index in [1.54, 1.807) is 0 Å². The predicted molar refractivity (Wildman–Crippen MR) is 118 cm³/mol. The fourth-order valence-corrected chi connectivity index (χ4v) is 4.08. The molecule has 0 unspecified atom stereocenters. The number of benzene rings is 2. The second-order valence-corrected chi connectivity index (χ2v) is 8.21. The molecule has 0 atom stereocenters. The standard InChI is InChI=1S/C22H26BrNO2S/c1-3-25-20-14-18(22(27)24-11-9-16(2)10-12-24)13-19(23)21(20)26-15-17-7-5-4-6-8-17/h4-8,13-14,16H,3,9-12,15H2,1-2H3. The van der Waals surface area contributed by atoms with Crippen LogP contribution >= 0.6 is 28.1 Å². The Morgan fingerprint density at radius 1 is 1.15 bits per heavy atom. The van der Waals surface area contributed by atoms with Crippen LogP contribution in [0.25, 0.3) is 0 Å². The molecular weight excluding hydrogens is 422 g/mol. The van der Waals surface area contributed by atoms with Crippen LogP contribution < -0.4 is 9.47 Å². The molecule has 0 N–H and O–H groups in total. The van der Waals surface area contributed by atoms with E-state index in [2.05, 4.69) is 39.9 Å². The van der Waals surface area contributed by atoms with Crippen molar-refractivity contribution in [3.8, 4) is 11.5 Å². The van der Waals surface area contributed by atoms with Crippen LogP contribution in [0.1, 0.15) is 37.8 Å². The van der Waals surface area contributed by atoms with Crippen LogP contribution in [0.15, 0.2) is 46.9 Å². The van der Waals surface area contributed by atoms with Gasteiger partial charge in [-0.1, -0.05) is 49.5 Å². The van der Waals surface area contributed by atoms with E-state index in [0.29, 0.717) is 13.2 Å². The highest BCUT2D eigenvalue weighted by Crippen LogP contribution is 2.38. The topological polar surface area (TPSA) is 21.7 Å². The van der Waals surface area contributed by atoms with Gasteiger partial charge in [0.15, 0.2) is 11.5 Å². The van der Waals surface area contributed by atoms with Crippen molar-refractivity contribution in [1.29, 1.82) is 0 Å².